The molecule has 0 spiro atoms. The molecule has 0 bridgehead atoms. The number of para-hydroxylation sites is 1. The zero-order valence-corrected chi connectivity index (χ0v) is 13.4. The number of fused-ring (bicyclic) bond motifs is 1. The van der Waals surface area contributed by atoms with E-state index in [2.05, 4.69) is 6.92 Å². The van der Waals surface area contributed by atoms with Crippen molar-refractivity contribution in [1.82, 2.24) is 4.90 Å². The zero-order chi connectivity index (χ0) is 14.7. The molecule has 0 aliphatic rings. The molecule has 1 aromatic heterocycles. The lowest BCUT2D eigenvalue weighted by Gasteiger charge is -2.23. The Bertz CT molecular complexity index is 609. The minimum atomic E-state index is -0.777. The summed E-state index contributed by atoms with van der Waals surface area (Å²) in [7, 11) is 1.85. The summed E-state index contributed by atoms with van der Waals surface area (Å²) >= 11 is 0. The summed E-state index contributed by atoms with van der Waals surface area (Å²) in [5.74, 6) is 0.166. The van der Waals surface area contributed by atoms with Crippen molar-refractivity contribution < 1.29 is 14.3 Å². The molecule has 0 amide bonds. The van der Waals surface area contributed by atoms with Crippen molar-refractivity contribution >= 4 is 29.3 Å². The molecule has 0 radical (unpaired) electrons. The van der Waals surface area contributed by atoms with Gasteiger partial charge in [0.05, 0.1) is 0 Å². The fraction of sp³-hybridized carbons (Fsp3) is 0.438. The highest BCUT2D eigenvalue weighted by Crippen LogP contribution is 2.27. The summed E-state index contributed by atoms with van der Waals surface area (Å²) in [6, 6.07) is 7.45. The third-order valence-corrected chi connectivity index (χ3v) is 3.71. The van der Waals surface area contributed by atoms with E-state index in [4.69, 9.17) is 4.42 Å². The number of likely N-dealkylation sites (N-methyl/N-ethyl adjacent to an activating group) is 1. The van der Waals surface area contributed by atoms with Crippen molar-refractivity contribution in [2.24, 2.45) is 0 Å². The number of halogens is 1. The first-order valence-corrected chi connectivity index (χ1v) is 7.00. The number of furan rings is 1. The third kappa shape index (κ3) is 3.57. The van der Waals surface area contributed by atoms with Crippen molar-refractivity contribution in [3.63, 3.8) is 0 Å². The lowest BCUT2D eigenvalue weighted by atomic mass is 10.1. The van der Waals surface area contributed by atoms with Crippen LogP contribution in [0.4, 0.5) is 0 Å². The zero-order valence-electron chi connectivity index (χ0n) is 12.6. The number of carboxylic acids is 1. The standard InChI is InChI=1S/C16H21NO3.ClH/c1-4-13(16(18)19)17(3)10-12-11-8-6-7-9-15(11)20-14(12)5-2;/h6-9,13H,4-5,10H2,1-3H3,(H,18,19);1H. The Balaban J connectivity index is 0.00000220. The predicted molar refractivity (Wildman–Crippen MR) is 86.0 cm³/mol. The second kappa shape index (κ2) is 7.48. The topological polar surface area (TPSA) is 53.7 Å². The van der Waals surface area contributed by atoms with Gasteiger partial charge in [0.25, 0.3) is 0 Å². The Labute approximate surface area is 131 Å². The highest BCUT2D eigenvalue weighted by molar-refractivity contribution is 5.85. The highest BCUT2D eigenvalue weighted by atomic mass is 35.5. The third-order valence-electron chi connectivity index (χ3n) is 3.71. The first-order chi connectivity index (χ1) is 9.58. The van der Waals surface area contributed by atoms with Gasteiger partial charge in [0.1, 0.15) is 17.4 Å². The summed E-state index contributed by atoms with van der Waals surface area (Å²) in [6.07, 6.45) is 1.39. The Morgan fingerprint density at radius 3 is 2.57 bits per heavy atom. The summed E-state index contributed by atoms with van der Waals surface area (Å²) in [5, 5.41) is 10.3. The van der Waals surface area contributed by atoms with Crippen molar-refractivity contribution in [1.29, 1.82) is 0 Å². The number of hydrogen-bond acceptors (Lipinski definition) is 3. The number of aryl methyl sites for hydroxylation is 1. The van der Waals surface area contributed by atoms with Crippen molar-refractivity contribution in [3.05, 3.63) is 35.6 Å². The van der Waals surface area contributed by atoms with E-state index >= 15 is 0 Å². The molecule has 0 saturated carbocycles. The quantitative estimate of drug-likeness (QED) is 0.883. The molecule has 0 aliphatic heterocycles. The average Bonchev–Trinajstić information content (AvgIpc) is 2.77. The molecular formula is C16H22ClNO3. The van der Waals surface area contributed by atoms with Crippen LogP contribution in [0.15, 0.2) is 28.7 Å². The van der Waals surface area contributed by atoms with Gasteiger partial charge in [-0.15, -0.1) is 12.4 Å². The lowest BCUT2D eigenvalue weighted by molar-refractivity contribution is -0.143. The summed E-state index contributed by atoms with van der Waals surface area (Å²) < 4.78 is 5.85. The van der Waals surface area contributed by atoms with Crippen molar-refractivity contribution in [3.8, 4) is 0 Å². The molecule has 116 valence electrons. The van der Waals surface area contributed by atoms with Gasteiger partial charge in [-0.1, -0.05) is 32.0 Å². The SMILES string of the molecule is CCc1oc2ccccc2c1CN(C)C(CC)C(=O)O.Cl. The molecule has 0 saturated heterocycles. The normalized spacial score (nSPS) is 12.4. The number of nitrogens with zero attached hydrogens (tertiary/aromatic N) is 1. The summed E-state index contributed by atoms with van der Waals surface area (Å²) in [6.45, 7) is 4.53. The van der Waals surface area contributed by atoms with Crippen LogP contribution in [0.3, 0.4) is 0 Å². The van der Waals surface area contributed by atoms with E-state index in [9.17, 15) is 9.90 Å². The van der Waals surface area contributed by atoms with Crippen LogP contribution in [-0.2, 0) is 17.8 Å². The first kappa shape index (κ1) is 17.5. The van der Waals surface area contributed by atoms with E-state index < -0.39 is 12.0 Å². The molecule has 5 heteroatoms. The fourth-order valence-corrected chi connectivity index (χ4v) is 2.64. The van der Waals surface area contributed by atoms with Gasteiger partial charge >= 0.3 is 5.97 Å². The van der Waals surface area contributed by atoms with Gasteiger partial charge in [0.15, 0.2) is 0 Å². The molecule has 4 nitrogen and oxygen atoms in total. The molecule has 2 aromatic rings. The number of carboxylic acid groups (broad SMARTS) is 1. The fourth-order valence-electron chi connectivity index (χ4n) is 2.64. The molecule has 0 fully saturated rings. The van der Waals surface area contributed by atoms with Crippen molar-refractivity contribution in [2.75, 3.05) is 7.05 Å². The van der Waals surface area contributed by atoms with Gasteiger partial charge in [-0.3, -0.25) is 9.69 Å². The monoisotopic (exact) mass is 311 g/mol. The molecule has 1 atom stereocenters. The second-order valence-electron chi connectivity index (χ2n) is 5.03. The van der Waals surface area contributed by atoms with Gasteiger partial charge in [0.2, 0.25) is 0 Å². The van der Waals surface area contributed by atoms with Crippen LogP contribution in [0.1, 0.15) is 31.6 Å². The van der Waals surface area contributed by atoms with Crippen LogP contribution >= 0.6 is 12.4 Å². The highest BCUT2D eigenvalue weighted by Gasteiger charge is 2.23. The minimum Gasteiger partial charge on any atom is -0.480 e. The minimum absolute atomic E-state index is 0. The maximum absolute atomic E-state index is 11.3. The Hall–Kier alpha value is -1.52. The Kier molecular flexibility index (Phi) is 6.24. The van der Waals surface area contributed by atoms with E-state index in [1.807, 2.05) is 43.1 Å². The van der Waals surface area contributed by atoms with Crippen LogP contribution in [0.25, 0.3) is 11.0 Å². The molecule has 21 heavy (non-hydrogen) atoms. The first-order valence-electron chi connectivity index (χ1n) is 7.00. The number of carbonyl (C=O) groups is 1. The largest absolute Gasteiger partial charge is 0.480 e. The van der Waals surface area contributed by atoms with E-state index in [1.54, 1.807) is 0 Å². The predicted octanol–water partition coefficient (Wildman–Crippen LogP) is 3.71. The number of rotatable bonds is 6. The van der Waals surface area contributed by atoms with E-state index in [1.165, 1.54) is 0 Å². The molecule has 0 aliphatic carbocycles. The van der Waals surface area contributed by atoms with Gasteiger partial charge in [0, 0.05) is 23.9 Å². The van der Waals surface area contributed by atoms with Crippen LogP contribution < -0.4 is 0 Å². The van der Waals surface area contributed by atoms with Crippen LogP contribution in [0.5, 0.6) is 0 Å². The van der Waals surface area contributed by atoms with E-state index in [0.717, 1.165) is 28.7 Å². The molecule has 2 rings (SSSR count). The lowest BCUT2D eigenvalue weighted by Crippen LogP contribution is -2.37. The number of hydrogen-bond donors (Lipinski definition) is 1. The summed E-state index contributed by atoms with van der Waals surface area (Å²) in [4.78, 5) is 13.1. The maximum Gasteiger partial charge on any atom is 0.320 e. The van der Waals surface area contributed by atoms with Crippen LogP contribution in [0, 0.1) is 0 Å². The van der Waals surface area contributed by atoms with Crippen LogP contribution in [-0.4, -0.2) is 29.1 Å². The van der Waals surface area contributed by atoms with Crippen molar-refractivity contribution in [2.45, 2.75) is 39.3 Å². The number of aliphatic carboxylic acids is 1. The van der Waals surface area contributed by atoms with E-state index in [-0.39, 0.29) is 12.4 Å². The van der Waals surface area contributed by atoms with Gasteiger partial charge < -0.3 is 9.52 Å². The van der Waals surface area contributed by atoms with Gasteiger partial charge in [-0.25, -0.2) is 0 Å². The van der Waals surface area contributed by atoms with Gasteiger partial charge in [-0.05, 0) is 19.5 Å². The Morgan fingerprint density at radius 2 is 2.00 bits per heavy atom. The summed E-state index contributed by atoms with van der Waals surface area (Å²) in [5.41, 5.74) is 1.97. The molecule has 1 unspecified atom stereocenters. The molecule has 1 heterocycles. The van der Waals surface area contributed by atoms with Gasteiger partial charge in [-0.2, -0.15) is 0 Å². The average molecular weight is 312 g/mol. The van der Waals surface area contributed by atoms with Crippen LogP contribution in [0.2, 0.25) is 0 Å². The van der Waals surface area contributed by atoms with E-state index in [0.29, 0.717) is 13.0 Å². The Morgan fingerprint density at radius 1 is 1.33 bits per heavy atom. The second-order valence-corrected chi connectivity index (χ2v) is 5.03. The maximum atomic E-state index is 11.3. The number of benzene rings is 1. The molecule has 1 N–H and O–H groups in total. The smallest absolute Gasteiger partial charge is 0.320 e. The molecule has 1 aromatic carbocycles. The molecular weight excluding hydrogens is 290 g/mol.